The monoisotopic (exact) mass is 357 g/mol. The fourth-order valence-electron chi connectivity index (χ4n) is 2.17. The zero-order valence-electron chi connectivity index (χ0n) is 13.0. The van der Waals surface area contributed by atoms with Crippen molar-refractivity contribution >= 4 is 11.7 Å². The number of hydrogen-bond donors (Lipinski definition) is 2. The summed E-state index contributed by atoms with van der Waals surface area (Å²) in [6.07, 6.45) is -4.67. The quantitative estimate of drug-likeness (QED) is 0.749. The van der Waals surface area contributed by atoms with Crippen molar-refractivity contribution in [2.24, 2.45) is 0 Å². The molecule has 0 spiro atoms. The van der Waals surface area contributed by atoms with Gasteiger partial charge in [0.05, 0.1) is 0 Å². The summed E-state index contributed by atoms with van der Waals surface area (Å²) in [5.41, 5.74) is -0.962. The van der Waals surface area contributed by atoms with Gasteiger partial charge in [-0.1, -0.05) is 36.4 Å². The number of nitrogens with zero attached hydrogens (tertiary/aromatic N) is 3. The van der Waals surface area contributed by atoms with Crippen molar-refractivity contribution in [1.82, 2.24) is 15.0 Å². The van der Waals surface area contributed by atoms with Crippen molar-refractivity contribution in [2.45, 2.75) is 6.18 Å². The van der Waals surface area contributed by atoms with E-state index in [0.717, 1.165) is 18.2 Å². The molecule has 0 radical (unpaired) electrons. The lowest BCUT2D eigenvalue weighted by Crippen LogP contribution is -2.17. The van der Waals surface area contributed by atoms with Gasteiger partial charge < -0.3 is 10.3 Å². The van der Waals surface area contributed by atoms with Crippen LogP contribution in [-0.4, -0.2) is 20.9 Å². The molecule has 2 heterocycles. The summed E-state index contributed by atoms with van der Waals surface area (Å²) in [5, 5.41) is 11.5. The second-order valence-corrected chi connectivity index (χ2v) is 5.15. The normalized spacial score (nSPS) is 11.0. The van der Waals surface area contributed by atoms with Gasteiger partial charge in [-0.2, -0.15) is 18.4 Å². The zero-order valence-corrected chi connectivity index (χ0v) is 13.0. The summed E-state index contributed by atoms with van der Waals surface area (Å²) in [6.45, 7) is 0. The van der Waals surface area contributed by atoms with Gasteiger partial charge in [-0.15, -0.1) is 0 Å². The van der Waals surface area contributed by atoms with Crippen molar-refractivity contribution in [2.75, 3.05) is 5.32 Å². The SMILES string of the molecule is N#Cc1[nH]c(-c2ccccc2)nc1NC(=O)c1cccc(C(F)(F)F)n1. The average molecular weight is 357 g/mol. The van der Waals surface area contributed by atoms with E-state index >= 15 is 0 Å². The maximum atomic E-state index is 12.7. The Hall–Kier alpha value is -3.67. The number of hydrogen-bond acceptors (Lipinski definition) is 4. The molecule has 3 aromatic rings. The van der Waals surface area contributed by atoms with Gasteiger partial charge in [0, 0.05) is 5.56 Å². The van der Waals surface area contributed by atoms with E-state index in [1.807, 2.05) is 6.07 Å². The third kappa shape index (κ3) is 3.54. The van der Waals surface area contributed by atoms with Crippen LogP contribution < -0.4 is 5.32 Å². The van der Waals surface area contributed by atoms with E-state index in [4.69, 9.17) is 0 Å². The maximum absolute atomic E-state index is 12.7. The Morgan fingerprint density at radius 3 is 2.46 bits per heavy atom. The number of nitrogens with one attached hydrogen (secondary N) is 2. The summed E-state index contributed by atoms with van der Waals surface area (Å²) < 4.78 is 38.1. The number of imidazole rings is 1. The number of carbonyl (C=O) groups excluding carboxylic acids is 1. The van der Waals surface area contributed by atoms with Gasteiger partial charge >= 0.3 is 6.18 Å². The highest BCUT2D eigenvalue weighted by atomic mass is 19.4. The third-order valence-electron chi connectivity index (χ3n) is 3.37. The molecule has 0 aliphatic rings. The molecule has 9 heteroatoms. The summed E-state index contributed by atoms with van der Waals surface area (Å²) in [4.78, 5) is 22.4. The Labute approximate surface area is 145 Å². The Morgan fingerprint density at radius 2 is 1.81 bits per heavy atom. The molecule has 0 saturated heterocycles. The number of carbonyl (C=O) groups is 1. The minimum absolute atomic E-state index is 0.0239. The second-order valence-electron chi connectivity index (χ2n) is 5.15. The largest absolute Gasteiger partial charge is 0.433 e. The first-order valence-electron chi connectivity index (χ1n) is 7.29. The molecule has 0 aliphatic heterocycles. The molecule has 26 heavy (non-hydrogen) atoms. The van der Waals surface area contributed by atoms with Crippen LogP contribution in [-0.2, 0) is 6.18 Å². The fourth-order valence-corrected chi connectivity index (χ4v) is 2.17. The van der Waals surface area contributed by atoms with Crippen LogP contribution in [0.15, 0.2) is 48.5 Å². The topological polar surface area (TPSA) is 94.5 Å². The number of halogens is 3. The van der Waals surface area contributed by atoms with Crippen LogP contribution in [0.1, 0.15) is 21.9 Å². The van der Waals surface area contributed by atoms with Crippen LogP contribution in [0.5, 0.6) is 0 Å². The van der Waals surface area contributed by atoms with Gasteiger partial charge in [0.2, 0.25) is 0 Å². The number of alkyl halides is 3. The van der Waals surface area contributed by atoms with Crippen LogP contribution >= 0.6 is 0 Å². The van der Waals surface area contributed by atoms with Crippen molar-refractivity contribution < 1.29 is 18.0 Å². The molecule has 0 fully saturated rings. The predicted molar refractivity (Wildman–Crippen MR) is 85.9 cm³/mol. The molecule has 2 N–H and O–H groups in total. The van der Waals surface area contributed by atoms with Crippen molar-refractivity contribution in [3.63, 3.8) is 0 Å². The van der Waals surface area contributed by atoms with Crippen LogP contribution in [0.2, 0.25) is 0 Å². The fraction of sp³-hybridized carbons (Fsp3) is 0.0588. The number of aromatic amines is 1. The zero-order chi connectivity index (χ0) is 18.7. The van der Waals surface area contributed by atoms with Crippen molar-refractivity contribution in [3.8, 4) is 17.5 Å². The number of anilines is 1. The van der Waals surface area contributed by atoms with Crippen LogP contribution in [0.25, 0.3) is 11.4 Å². The number of pyridine rings is 1. The number of amides is 1. The summed E-state index contributed by atoms with van der Waals surface area (Å²) in [7, 11) is 0. The number of rotatable bonds is 3. The van der Waals surface area contributed by atoms with Gasteiger partial charge in [0.15, 0.2) is 11.5 Å². The van der Waals surface area contributed by atoms with Crippen LogP contribution in [0.4, 0.5) is 19.0 Å². The van der Waals surface area contributed by atoms with Gasteiger partial charge in [-0.3, -0.25) is 4.79 Å². The number of nitriles is 1. The summed E-state index contributed by atoms with van der Waals surface area (Å²) >= 11 is 0. The minimum atomic E-state index is -4.67. The first-order chi connectivity index (χ1) is 12.4. The van der Waals surface area contributed by atoms with E-state index in [1.54, 1.807) is 30.3 Å². The Kier molecular flexibility index (Phi) is 4.41. The maximum Gasteiger partial charge on any atom is 0.433 e. The first kappa shape index (κ1) is 17.2. The number of benzene rings is 1. The van der Waals surface area contributed by atoms with Crippen molar-refractivity contribution in [3.05, 3.63) is 65.6 Å². The highest BCUT2D eigenvalue weighted by Gasteiger charge is 2.33. The molecule has 0 atom stereocenters. The third-order valence-corrected chi connectivity index (χ3v) is 3.37. The Morgan fingerprint density at radius 1 is 1.08 bits per heavy atom. The molecule has 0 unspecified atom stereocenters. The molecule has 2 aromatic heterocycles. The van der Waals surface area contributed by atoms with Gasteiger partial charge in [0.25, 0.3) is 5.91 Å². The predicted octanol–water partition coefficient (Wildman–Crippen LogP) is 3.61. The Balaban J connectivity index is 1.89. The average Bonchev–Trinajstić information content (AvgIpc) is 3.04. The second kappa shape index (κ2) is 6.68. The molecule has 0 saturated carbocycles. The first-order valence-corrected chi connectivity index (χ1v) is 7.29. The van der Waals surface area contributed by atoms with Gasteiger partial charge in [-0.25, -0.2) is 9.97 Å². The molecule has 3 rings (SSSR count). The minimum Gasteiger partial charge on any atom is -0.328 e. The molecular weight excluding hydrogens is 347 g/mol. The number of aromatic nitrogens is 3. The smallest absolute Gasteiger partial charge is 0.328 e. The molecule has 1 amide bonds. The Bertz CT molecular complexity index is 990. The molecular formula is C17H10F3N5O. The highest BCUT2D eigenvalue weighted by molar-refractivity contribution is 6.03. The van der Waals surface area contributed by atoms with E-state index in [-0.39, 0.29) is 11.5 Å². The van der Waals surface area contributed by atoms with Gasteiger partial charge in [-0.05, 0) is 12.1 Å². The van der Waals surface area contributed by atoms with E-state index in [9.17, 15) is 23.2 Å². The molecule has 130 valence electrons. The van der Waals surface area contributed by atoms with E-state index in [0.29, 0.717) is 11.4 Å². The van der Waals surface area contributed by atoms with E-state index in [2.05, 4.69) is 20.3 Å². The highest BCUT2D eigenvalue weighted by Crippen LogP contribution is 2.27. The lowest BCUT2D eigenvalue weighted by atomic mass is 10.2. The summed E-state index contributed by atoms with van der Waals surface area (Å²) in [5.74, 6) is -0.649. The van der Waals surface area contributed by atoms with Crippen LogP contribution in [0, 0.1) is 11.3 Å². The molecule has 1 aromatic carbocycles. The summed E-state index contributed by atoms with van der Waals surface area (Å²) in [6, 6.07) is 13.7. The molecule has 6 nitrogen and oxygen atoms in total. The lowest BCUT2D eigenvalue weighted by molar-refractivity contribution is -0.141. The van der Waals surface area contributed by atoms with Crippen molar-refractivity contribution in [1.29, 1.82) is 5.26 Å². The van der Waals surface area contributed by atoms with Gasteiger partial charge in [0.1, 0.15) is 23.3 Å². The van der Waals surface area contributed by atoms with E-state index < -0.39 is 23.5 Å². The van der Waals surface area contributed by atoms with Crippen LogP contribution in [0.3, 0.4) is 0 Å². The standard InChI is InChI=1S/C17H10F3N5O/c18-17(19,20)13-8-4-7-11(22-13)16(26)25-15-12(9-21)23-14(24-15)10-5-2-1-3-6-10/h1-8H,(H,23,24)(H,25,26). The number of H-pyrrole nitrogens is 1. The molecule has 0 bridgehead atoms. The lowest BCUT2D eigenvalue weighted by Gasteiger charge is -2.07. The molecule has 0 aliphatic carbocycles. The van der Waals surface area contributed by atoms with E-state index in [1.165, 1.54) is 0 Å².